The van der Waals surface area contributed by atoms with Crippen molar-refractivity contribution in [2.45, 2.75) is 25.2 Å². The van der Waals surface area contributed by atoms with Gasteiger partial charge in [0.2, 0.25) is 0 Å². The number of hydrogen-bond acceptors (Lipinski definition) is 4. The fraction of sp³-hybridized carbons (Fsp3) is 0.294. The highest BCUT2D eigenvalue weighted by atomic mass is 35.5. The zero-order valence-corrected chi connectivity index (χ0v) is 13.7. The maximum absolute atomic E-state index is 12.5. The predicted molar refractivity (Wildman–Crippen MR) is 89.4 cm³/mol. The van der Waals surface area contributed by atoms with Gasteiger partial charge in [-0.15, -0.1) is 11.8 Å². The van der Waals surface area contributed by atoms with Gasteiger partial charge in [-0.3, -0.25) is 4.79 Å². The Kier molecular flexibility index (Phi) is 4.28. The van der Waals surface area contributed by atoms with Crippen molar-refractivity contribution in [3.8, 4) is 6.07 Å². The van der Waals surface area contributed by atoms with E-state index >= 15 is 0 Å². The van der Waals surface area contributed by atoms with Gasteiger partial charge in [0, 0.05) is 22.7 Å². The maximum atomic E-state index is 12.5. The molecule has 1 unspecified atom stereocenters. The molecule has 1 aliphatic carbocycles. The largest absolute Gasteiger partial charge is 0.352 e. The molecule has 0 aromatic heterocycles. The van der Waals surface area contributed by atoms with Crippen LogP contribution >= 0.6 is 23.4 Å². The summed E-state index contributed by atoms with van der Waals surface area (Å²) in [7, 11) is 0. The van der Waals surface area contributed by atoms with Crippen LogP contribution in [0.25, 0.3) is 0 Å². The number of nitriles is 1. The van der Waals surface area contributed by atoms with Gasteiger partial charge in [0.15, 0.2) is 5.78 Å². The van der Waals surface area contributed by atoms with Crippen molar-refractivity contribution in [2.75, 3.05) is 6.26 Å². The number of nitrogens with zero attached hydrogens (tertiary/aromatic N) is 1. The van der Waals surface area contributed by atoms with Gasteiger partial charge in [0.25, 0.3) is 0 Å². The summed E-state index contributed by atoms with van der Waals surface area (Å²) >= 11 is 7.48. The van der Waals surface area contributed by atoms with Crippen molar-refractivity contribution in [3.05, 3.63) is 56.7 Å². The first-order chi connectivity index (χ1) is 10.7. The highest BCUT2D eigenvalue weighted by Crippen LogP contribution is 2.43. The molecular weight excluding hydrogens is 316 g/mol. The number of nitrogens with one attached hydrogen (secondary N) is 1. The maximum Gasteiger partial charge on any atom is 0.161 e. The van der Waals surface area contributed by atoms with E-state index in [0.29, 0.717) is 17.0 Å². The molecule has 1 aromatic carbocycles. The Balaban J connectivity index is 2.18. The molecule has 5 heteroatoms. The summed E-state index contributed by atoms with van der Waals surface area (Å²) in [4.78, 5) is 12.5. The molecule has 1 heterocycles. The summed E-state index contributed by atoms with van der Waals surface area (Å²) in [6, 6.07) is 9.72. The summed E-state index contributed by atoms with van der Waals surface area (Å²) < 4.78 is 0. The number of dihydropyridines is 1. The zero-order chi connectivity index (χ0) is 15.7. The topological polar surface area (TPSA) is 52.9 Å². The molecular formula is C17H15ClN2OS. The van der Waals surface area contributed by atoms with Crippen molar-refractivity contribution in [2.24, 2.45) is 0 Å². The van der Waals surface area contributed by atoms with E-state index in [2.05, 4.69) is 11.4 Å². The Morgan fingerprint density at radius 1 is 1.32 bits per heavy atom. The molecule has 112 valence electrons. The molecule has 0 fully saturated rings. The highest BCUT2D eigenvalue weighted by Gasteiger charge is 2.36. The minimum Gasteiger partial charge on any atom is -0.352 e. The third-order valence-electron chi connectivity index (χ3n) is 4.07. The van der Waals surface area contributed by atoms with Gasteiger partial charge >= 0.3 is 0 Å². The fourth-order valence-electron chi connectivity index (χ4n) is 3.07. The van der Waals surface area contributed by atoms with Crippen molar-refractivity contribution >= 4 is 29.1 Å². The SMILES string of the molecule is CSC1=C(C#N)C(c2ccc(Cl)cc2)C2=C(CCCC2=O)N1. The third kappa shape index (κ3) is 2.55. The van der Waals surface area contributed by atoms with Crippen molar-refractivity contribution < 1.29 is 4.79 Å². The molecule has 3 rings (SSSR count). The molecule has 0 saturated carbocycles. The fourth-order valence-corrected chi connectivity index (χ4v) is 3.81. The van der Waals surface area contributed by atoms with Gasteiger partial charge in [-0.25, -0.2) is 0 Å². The lowest BCUT2D eigenvalue weighted by Gasteiger charge is -2.33. The van der Waals surface area contributed by atoms with Gasteiger partial charge in [0.1, 0.15) is 0 Å². The predicted octanol–water partition coefficient (Wildman–Crippen LogP) is 4.13. The average Bonchev–Trinajstić information content (AvgIpc) is 2.54. The first-order valence-electron chi connectivity index (χ1n) is 7.12. The third-order valence-corrected chi connectivity index (χ3v) is 5.05. The molecule has 22 heavy (non-hydrogen) atoms. The quantitative estimate of drug-likeness (QED) is 0.885. The molecule has 0 spiro atoms. The Labute approximate surface area is 139 Å². The van der Waals surface area contributed by atoms with Gasteiger partial charge in [-0.2, -0.15) is 5.26 Å². The summed E-state index contributed by atoms with van der Waals surface area (Å²) in [5.74, 6) is -0.143. The second kappa shape index (κ2) is 6.20. The number of Topliss-reactive ketones (excluding diaryl/α,β-unsaturated/α-hetero) is 1. The number of carbonyl (C=O) groups excluding carboxylic acids is 1. The monoisotopic (exact) mass is 330 g/mol. The lowest BCUT2D eigenvalue weighted by molar-refractivity contribution is -0.116. The lowest BCUT2D eigenvalue weighted by atomic mass is 9.77. The molecule has 3 nitrogen and oxygen atoms in total. The van der Waals surface area contributed by atoms with Crippen LogP contribution in [0.1, 0.15) is 30.7 Å². The van der Waals surface area contributed by atoms with Crippen LogP contribution in [-0.4, -0.2) is 12.0 Å². The van der Waals surface area contributed by atoms with Crippen LogP contribution in [0.4, 0.5) is 0 Å². The molecule has 0 bridgehead atoms. The van der Waals surface area contributed by atoms with E-state index in [1.165, 1.54) is 11.8 Å². The number of carbonyl (C=O) groups is 1. The minimum absolute atomic E-state index is 0.140. The second-order valence-corrected chi connectivity index (χ2v) is 6.59. The number of benzene rings is 1. The number of rotatable bonds is 2. The Morgan fingerprint density at radius 2 is 2.05 bits per heavy atom. The summed E-state index contributed by atoms with van der Waals surface area (Å²) in [5, 5.41) is 14.4. The average molecular weight is 331 g/mol. The van der Waals surface area contributed by atoms with Crippen molar-refractivity contribution in [1.82, 2.24) is 5.32 Å². The van der Waals surface area contributed by atoms with E-state index in [1.54, 1.807) is 12.1 Å². The number of allylic oxidation sites excluding steroid dienone is 3. The van der Waals surface area contributed by atoms with Gasteiger partial charge in [-0.1, -0.05) is 23.7 Å². The summed E-state index contributed by atoms with van der Waals surface area (Å²) in [5.41, 5.74) is 3.28. The standard InChI is InChI=1S/C17H15ClN2OS/c1-22-17-12(9-19)15(10-5-7-11(18)8-6-10)16-13(20-17)3-2-4-14(16)21/h5-8,15,20H,2-4H2,1H3. The highest BCUT2D eigenvalue weighted by molar-refractivity contribution is 8.02. The van der Waals surface area contributed by atoms with E-state index in [-0.39, 0.29) is 11.7 Å². The molecule has 1 aliphatic heterocycles. The van der Waals surface area contributed by atoms with Gasteiger partial charge < -0.3 is 5.32 Å². The molecule has 1 N–H and O–H groups in total. The van der Waals surface area contributed by atoms with Crippen LogP contribution in [-0.2, 0) is 4.79 Å². The normalized spacial score (nSPS) is 21.3. The van der Waals surface area contributed by atoms with E-state index in [4.69, 9.17) is 11.6 Å². The molecule has 1 aromatic rings. The van der Waals surface area contributed by atoms with Gasteiger partial charge in [0.05, 0.1) is 22.6 Å². The first kappa shape index (κ1) is 15.2. The Bertz CT molecular complexity index is 728. The minimum atomic E-state index is -0.284. The van der Waals surface area contributed by atoms with E-state index in [1.807, 2.05) is 18.4 Å². The van der Waals surface area contributed by atoms with E-state index < -0.39 is 0 Å². The van der Waals surface area contributed by atoms with Crippen molar-refractivity contribution in [1.29, 1.82) is 5.26 Å². The van der Waals surface area contributed by atoms with Crippen molar-refractivity contribution in [3.63, 3.8) is 0 Å². The van der Waals surface area contributed by atoms with Crippen LogP contribution in [0.15, 0.2) is 46.1 Å². The van der Waals surface area contributed by atoms with E-state index in [0.717, 1.165) is 34.7 Å². The number of hydrogen-bond donors (Lipinski definition) is 1. The Morgan fingerprint density at radius 3 is 2.68 bits per heavy atom. The number of thioether (sulfide) groups is 1. The molecule has 0 amide bonds. The Hall–Kier alpha value is -1.70. The molecule has 1 atom stereocenters. The van der Waals surface area contributed by atoms with Crippen LogP contribution in [0.5, 0.6) is 0 Å². The van der Waals surface area contributed by atoms with E-state index in [9.17, 15) is 10.1 Å². The number of halogens is 1. The van der Waals surface area contributed by atoms with Crippen LogP contribution in [0.3, 0.4) is 0 Å². The lowest BCUT2D eigenvalue weighted by Crippen LogP contribution is -2.31. The molecule has 2 aliphatic rings. The van der Waals surface area contributed by atoms with Crippen LogP contribution < -0.4 is 5.32 Å². The van der Waals surface area contributed by atoms with Crippen LogP contribution in [0.2, 0.25) is 5.02 Å². The molecule has 0 radical (unpaired) electrons. The smallest absolute Gasteiger partial charge is 0.161 e. The van der Waals surface area contributed by atoms with Crippen LogP contribution in [0, 0.1) is 11.3 Å². The number of ketones is 1. The summed E-state index contributed by atoms with van der Waals surface area (Å²) in [6.07, 6.45) is 4.21. The summed E-state index contributed by atoms with van der Waals surface area (Å²) in [6.45, 7) is 0. The van der Waals surface area contributed by atoms with Gasteiger partial charge in [-0.05, 0) is 36.8 Å². The second-order valence-electron chi connectivity index (χ2n) is 5.34. The first-order valence-corrected chi connectivity index (χ1v) is 8.73. The molecule has 0 saturated heterocycles. The zero-order valence-electron chi connectivity index (χ0n) is 12.1.